The van der Waals surface area contributed by atoms with Gasteiger partial charge in [-0.05, 0) is 97.7 Å². The second kappa shape index (κ2) is 9.36. The van der Waals surface area contributed by atoms with Gasteiger partial charge < -0.3 is 25.3 Å². The van der Waals surface area contributed by atoms with Crippen molar-refractivity contribution in [3.8, 4) is 0 Å². The largest absolute Gasteiger partial charge is 0.480 e. The monoisotopic (exact) mass is 479 g/mol. The van der Waals surface area contributed by atoms with E-state index in [1.807, 2.05) is 0 Å². The summed E-state index contributed by atoms with van der Waals surface area (Å²) in [6.45, 7) is 6.44. The van der Waals surface area contributed by atoms with Crippen LogP contribution >= 0.6 is 0 Å². The predicted octanol–water partition coefficient (Wildman–Crippen LogP) is 2.91. The average molecular weight is 480 g/mol. The molecule has 7 nitrogen and oxygen atoms in total. The van der Waals surface area contributed by atoms with Crippen LogP contribution in [0.3, 0.4) is 0 Å². The maximum atomic E-state index is 12.4. The fourth-order valence-electron chi connectivity index (χ4n) is 9.17. The molecule has 34 heavy (non-hydrogen) atoms. The molecule has 4 aliphatic rings. The molecular formula is C27H45NO6. The Bertz CT molecular complexity index is 789. The number of aliphatic hydroxyl groups excluding tert-OH is 3. The number of aliphatic hydroxyl groups is 3. The van der Waals surface area contributed by atoms with E-state index in [0.717, 1.165) is 38.5 Å². The van der Waals surface area contributed by atoms with Gasteiger partial charge in [0.15, 0.2) is 0 Å². The van der Waals surface area contributed by atoms with E-state index < -0.39 is 12.1 Å². The lowest BCUT2D eigenvalue weighted by Crippen LogP contribution is -2.62. The lowest BCUT2D eigenvalue weighted by molar-refractivity contribution is -0.207. The Morgan fingerprint density at radius 1 is 1.03 bits per heavy atom. The predicted molar refractivity (Wildman–Crippen MR) is 128 cm³/mol. The summed E-state index contributed by atoms with van der Waals surface area (Å²) in [5.41, 5.74) is -0.217. The SMILES string of the molecule is CC(CCC(=O)N(C)CC(=O)O)C1CCC2C3C(O)CC4CC(O)CCC4(C)C3CC(O)C12C. The molecule has 194 valence electrons. The summed E-state index contributed by atoms with van der Waals surface area (Å²) in [5, 5.41) is 42.2. The number of amides is 1. The summed E-state index contributed by atoms with van der Waals surface area (Å²) >= 11 is 0. The topological polar surface area (TPSA) is 118 Å². The van der Waals surface area contributed by atoms with Crippen molar-refractivity contribution in [2.45, 2.75) is 96.9 Å². The molecule has 0 saturated heterocycles. The summed E-state index contributed by atoms with van der Waals surface area (Å²) < 4.78 is 0. The molecule has 1 amide bonds. The molecule has 11 atom stereocenters. The molecule has 0 bridgehead atoms. The number of likely N-dealkylation sites (N-methyl/N-ethyl adjacent to an activating group) is 1. The number of hydrogen-bond donors (Lipinski definition) is 4. The molecule has 11 unspecified atom stereocenters. The quantitative estimate of drug-likeness (QED) is 0.465. The highest BCUT2D eigenvalue weighted by atomic mass is 16.4. The van der Waals surface area contributed by atoms with E-state index in [2.05, 4.69) is 20.8 Å². The zero-order chi connectivity index (χ0) is 25.0. The first-order chi connectivity index (χ1) is 15.9. The number of fused-ring (bicyclic) bond motifs is 5. The molecule has 4 aliphatic carbocycles. The lowest BCUT2D eigenvalue weighted by Gasteiger charge is -2.63. The van der Waals surface area contributed by atoms with Crippen molar-refractivity contribution in [1.82, 2.24) is 4.90 Å². The highest BCUT2D eigenvalue weighted by Gasteiger charge is 2.65. The Morgan fingerprint density at radius 3 is 2.41 bits per heavy atom. The average Bonchev–Trinajstić information content (AvgIpc) is 3.12. The third kappa shape index (κ3) is 4.20. The number of carbonyl (C=O) groups excluding carboxylic acids is 1. The van der Waals surface area contributed by atoms with Gasteiger partial charge in [-0.2, -0.15) is 0 Å². The van der Waals surface area contributed by atoms with Crippen molar-refractivity contribution in [3.05, 3.63) is 0 Å². The number of carbonyl (C=O) groups is 2. The molecule has 7 heteroatoms. The Balaban J connectivity index is 1.49. The fourth-order valence-corrected chi connectivity index (χ4v) is 9.17. The number of nitrogens with zero attached hydrogens (tertiary/aromatic N) is 1. The second-order valence-corrected chi connectivity index (χ2v) is 12.7. The van der Waals surface area contributed by atoms with E-state index in [0.29, 0.717) is 25.2 Å². The summed E-state index contributed by atoms with van der Waals surface area (Å²) in [6.07, 6.45) is 5.90. The first-order valence-electron chi connectivity index (χ1n) is 13.4. The van der Waals surface area contributed by atoms with Crippen molar-refractivity contribution in [1.29, 1.82) is 0 Å². The molecular weight excluding hydrogens is 434 g/mol. The Morgan fingerprint density at radius 2 is 1.74 bits per heavy atom. The van der Waals surface area contributed by atoms with E-state index >= 15 is 0 Å². The summed E-state index contributed by atoms with van der Waals surface area (Å²) in [4.78, 5) is 24.6. The number of rotatable bonds is 6. The van der Waals surface area contributed by atoms with Crippen LogP contribution in [0, 0.1) is 46.3 Å². The molecule has 0 aromatic rings. The van der Waals surface area contributed by atoms with Crippen LogP contribution in [0.5, 0.6) is 0 Å². The number of hydrogen-bond acceptors (Lipinski definition) is 5. The maximum absolute atomic E-state index is 12.4. The Hall–Kier alpha value is -1.18. The molecule has 0 aliphatic heterocycles. The van der Waals surface area contributed by atoms with Gasteiger partial charge in [0.25, 0.3) is 0 Å². The zero-order valence-corrected chi connectivity index (χ0v) is 21.3. The Labute approximate surface area is 203 Å². The van der Waals surface area contributed by atoms with Gasteiger partial charge >= 0.3 is 5.97 Å². The minimum Gasteiger partial charge on any atom is -0.480 e. The van der Waals surface area contributed by atoms with Crippen LogP contribution in [0.15, 0.2) is 0 Å². The van der Waals surface area contributed by atoms with Gasteiger partial charge in [0.05, 0.1) is 18.3 Å². The molecule has 4 fully saturated rings. The van der Waals surface area contributed by atoms with Crippen LogP contribution in [-0.4, -0.2) is 69.1 Å². The van der Waals surface area contributed by atoms with Crippen molar-refractivity contribution in [2.75, 3.05) is 13.6 Å². The van der Waals surface area contributed by atoms with Crippen molar-refractivity contribution in [2.24, 2.45) is 46.3 Å². The zero-order valence-electron chi connectivity index (χ0n) is 21.3. The Kier molecular flexibility index (Phi) is 7.13. The number of carboxylic acids is 1. The van der Waals surface area contributed by atoms with Crippen LogP contribution in [0.2, 0.25) is 0 Å². The van der Waals surface area contributed by atoms with Gasteiger partial charge in [-0.15, -0.1) is 0 Å². The second-order valence-electron chi connectivity index (χ2n) is 12.7. The van der Waals surface area contributed by atoms with Gasteiger partial charge in [0, 0.05) is 13.5 Å². The summed E-state index contributed by atoms with van der Waals surface area (Å²) in [6, 6.07) is 0. The van der Waals surface area contributed by atoms with Crippen LogP contribution in [-0.2, 0) is 9.59 Å². The van der Waals surface area contributed by atoms with E-state index in [4.69, 9.17) is 5.11 Å². The smallest absolute Gasteiger partial charge is 0.323 e. The first kappa shape index (κ1) is 25.9. The van der Waals surface area contributed by atoms with E-state index in [1.54, 1.807) is 0 Å². The van der Waals surface area contributed by atoms with Crippen molar-refractivity contribution in [3.63, 3.8) is 0 Å². The minimum absolute atomic E-state index is 0.0658. The standard InChI is InChI=1S/C27H45NO6/c1-15(5-8-23(32)28(4)14-24(33)34)18-6-7-19-25-20(13-22(31)27(18,19)3)26(2)10-9-17(29)11-16(26)12-21(25)30/h15-22,25,29-31H,5-14H2,1-4H3,(H,33,34). The molecule has 0 radical (unpaired) electrons. The highest BCUT2D eigenvalue weighted by molar-refractivity contribution is 5.80. The van der Waals surface area contributed by atoms with Gasteiger partial charge in [0.1, 0.15) is 6.54 Å². The van der Waals surface area contributed by atoms with Gasteiger partial charge in [-0.3, -0.25) is 9.59 Å². The number of aliphatic carboxylic acids is 1. The molecule has 4 rings (SSSR count). The lowest BCUT2D eigenvalue weighted by atomic mass is 9.43. The first-order valence-corrected chi connectivity index (χ1v) is 13.4. The molecule has 0 aromatic carbocycles. The van der Waals surface area contributed by atoms with E-state index in [9.17, 15) is 24.9 Å². The molecule has 0 aromatic heterocycles. The van der Waals surface area contributed by atoms with Gasteiger partial charge in [0.2, 0.25) is 5.91 Å². The van der Waals surface area contributed by atoms with Crippen LogP contribution in [0.25, 0.3) is 0 Å². The maximum Gasteiger partial charge on any atom is 0.323 e. The summed E-state index contributed by atoms with van der Waals surface area (Å²) in [7, 11) is 1.53. The summed E-state index contributed by atoms with van der Waals surface area (Å²) in [5.74, 6) is 0.387. The van der Waals surface area contributed by atoms with Crippen LogP contribution in [0.4, 0.5) is 0 Å². The fraction of sp³-hybridized carbons (Fsp3) is 0.926. The van der Waals surface area contributed by atoms with Crippen molar-refractivity contribution >= 4 is 11.9 Å². The van der Waals surface area contributed by atoms with Gasteiger partial charge in [-0.1, -0.05) is 20.8 Å². The molecule has 0 heterocycles. The minimum atomic E-state index is -1.01. The van der Waals surface area contributed by atoms with Crippen LogP contribution in [0.1, 0.15) is 78.6 Å². The third-order valence-corrected chi connectivity index (χ3v) is 11.1. The normalized spacial score (nSPS) is 46.7. The van der Waals surface area contributed by atoms with E-state index in [-0.39, 0.29) is 65.1 Å². The molecule has 4 saturated carbocycles. The molecule has 4 N–H and O–H groups in total. The third-order valence-electron chi connectivity index (χ3n) is 11.1. The van der Waals surface area contributed by atoms with Crippen LogP contribution < -0.4 is 0 Å². The number of carboxylic acid groups (broad SMARTS) is 1. The highest BCUT2D eigenvalue weighted by Crippen LogP contribution is 2.68. The van der Waals surface area contributed by atoms with Crippen molar-refractivity contribution < 1.29 is 30.0 Å². The van der Waals surface area contributed by atoms with Gasteiger partial charge in [-0.25, -0.2) is 0 Å². The molecule has 0 spiro atoms. The van der Waals surface area contributed by atoms with E-state index in [1.165, 1.54) is 11.9 Å².